The molecule has 0 saturated carbocycles. The average Bonchev–Trinajstić information content (AvgIpc) is 3.50. The van der Waals surface area contributed by atoms with Gasteiger partial charge in [0.1, 0.15) is 0 Å². The standard InChI is InChI=1S/C33H28ClN5O2S2/c1-20-7-8-23(34)19-30(20)37-21(2)18-28(22(37)3)32-31(29-6-4-5-17-35-29)36-33(42)38(32)24-9-13-26(14-10-24)43-27-15-11-25(12-16-27)39(40)41/h4-19,31-32H,1-3H3,(H,36,42)/t31-,32-/m0/s1. The molecule has 1 aliphatic heterocycles. The van der Waals surface area contributed by atoms with E-state index in [2.05, 4.69) is 53.8 Å². The normalized spacial score (nSPS) is 16.4. The highest BCUT2D eigenvalue weighted by Crippen LogP contribution is 2.44. The van der Waals surface area contributed by atoms with Gasteiger partial charge in [0.2, 0.25) is 0 Å². The maximum atomic E-state index is 11.0. The van der Waals surface area contributed by atoms with Crippen molar-refractivity contribution in [2.45, 2.75) is 42.6 Å². The molecule has 1 fully saturated rings. The van der Waals surface area contributed by atoms with Gasteiger partial charge in [-0.05, 0) is 111 Å². The summed E-state index contributed by atoms with van der Waals surface area (Å²) >= 11 is 13.9. The Bertz CT molecular complexity index is 1830. The Morgan fingerprint density at radius 2 is 1.65 bits per heavy atom. The van der Waals surface area contributed by atoms with Crippen LogP contribution in [0, 0.1) is 30.9 Å². The summed E-state index contributed by atoms with van der Waals surface area (Å²) in [6, 6.07) is 28.6. The molecule has 3 heterocycles. The van der Waals surface area contributed by atoms with Gasteiger partial charge in [0.05, 0.1) is 22.7 Å². The number of aryl methyl sites for hydroxylation is 2. The minimum absolute atomic E-state index is 0.0770. The first-order chi connectivity index (χ1) is 20.7. The van der Waals surface area contributed by atoms with Crippen molar-refractivity contribution in [3.05, 3.63) is 141 Å². The minimum Gasteiger partial charge on any atom is -0.351 e. The van der Waals surface area contributed by atoms with Gasteiger partial charge in [0.25, 0.3) is 5.69 Å². The van der Waals surface area contributed by atoms with Crippen molar-refractivity contribution in [3.8, 4) is 5.69 Å². The number of anilines is 1. The fraction of sp³-hybridized carbons (Fsp3) is 0.152. The number of halogens is 1. The largest absolute Gasteiger partial charge is 0.351 e. The number of hydrogen-bond donors (Lipinski definition) is 1. The summed E-state index contributed by atoms with van der Waals surface area (Å²) in [7, 11) is 0. The van der Waals surface area contributed by atoms with E-state index in [-0.39, 0.29) is 17.8 Å². The van der Waals surface area contributed by atoms with Gasteiger partial charge < -0.3 is 14.8 Å². The second kappa shape index (κ2) is 11.8. The van der Waals surface area contributed by atoms with E-state index in [1.165, 1.54) is 12.1 Å². The number of rotatable bonds is 7. The molecule has 1 saturated heterocycles. The molecular weight excluding hydrogens is 598 g/mol. The summed E-state index contributed by atoms with van der Waals surface area (Å²) in [5.74, 6) is 0. The molecule has 1 N–H and O–H groups in total. The zero-order valence-electron chi connectivity index (χ0n) is 23.7. The summed E-state index contributed by atoms with van der Waals surface area (Å²) in [6.45, 7) is 6.35. The predicted octanol–water partition coefficient (Wildman–Crippen LogP) is 8.69. The van der Waals surface area contributed by atoms with Crippen molar-refractivity contribution in [3.63, 3.8) is 0 Å². The van der Waals surface area contributed by atoms with Crippen molar-refractivity contribution in [1.29, 1.82) is 0 Å². The fourth-order valence-electron chi connectivity index (χ4n) is 5.68. The van der Waals surface area contributed by atoms with E-state index in [0.29, 0.717) is 10.1 Å². The van der Waals surface area contributed by atoms with Gasteiger partial charge in [-0.15, -0.1) is 0 Å². The molecule has 0 bridgehead atoms. The first kappa shape index (κ1) is 28.9. The molecule has 0 aliphatic carbocycles. The third-order valence-corrected chi connectivity index (χ3v) is 9.26. The zero-order chi connectivity index (χ0) is 30.2. The number of non-ortho nitro benzene ring substituents is 1. The van der Waals surface area contributed by atoms with Crippen LogP contribution in [0.5, 0.6) is 0 Å². The lowest BCUT2D eigenvalue weighted by Crippen LogP contribution is -2.29. The monoisotopic (exact) mass is 625 g/mol. The topological polar surface area (TPSA) is 76.2 Å². The summed E-state index contributed by atoms with van der Waals surface area (Å²) in [5.41, 5.74) is 7.48. The first-order valence-electron chi connectivity index (χ1n) is 13.7. The molecule has 10 heteroatoms. The van der Waals surface area contributed by atoms with Crippen molar-refractivity contribution in [1.82, 2.24) is 14.9 Å². The molecule has 0 radical (unpaired) electrons. The lowest BCUT2D eigenvalue weighted by Gasteiger charge is -2.28. The Labute approximate surface area is 264 Å². The summed E-state index contributed by atoms with van der Waals surface area (Å²) < 4.78 is 2.26. The zero-order valence-corrected chi connectivity index (χ0v) is 26.1. The van der Waals surface area contributed by atoms with Gasteiger partial charge in [-0.2, -0.15) is 0 Å². The van der Waals surface area contributed by atoms with E-state index in [1.54, 1.807) is 23.9 Å². The Morgan fingerprint density at radius 1 is 0.953 bits per heavy atom. The number of nitrogens with one attached hydrogen (secondary N) is 1. The summed E-state index contributed by atoms with van der Waals surface area (Å²) in [4.78, 5) is 19.4. The fourth-order valence-corrected chi connectivity index (χ4v) is 7.01. The van der Waals surface area contributed by atoms with Crippen molar-refractivity contribution < 1.29 is 4.92 Å². The molecule has 3 aromatic carbocycles. The highest BCUT2D eigenvalue weighted by atomic mass is 35.5. The number of aromatic nitrogens is 2. The Morgan fingerprint density at radius 3 is 2.30 bits per heavy atom. The third kappa shape index (κ3) is 5.63. The van der Waals surface area contributed by atoms with Gasteiger partial charge in [0, 0.05) is 55.9 Å². The molecule has 6 rings (SSSR count). The molecule has 2 atom stereocenters. The highest BCUT2D eigenvalue weighted by molar-refractivity contribution is 7.99. The highest BCUT2D eigenvalue weighted by Gasteiger charge is 2.42. The molecule has 0 spiro atoms. The van der Waals surface area contributed by atoms with Crippen molar-refractivity contribution in [2.75, 3.05) is 4.90 Å². The van der Waals surface area contributed by atoms with E-state index in [0.717, 1.165) is 49.4 Å². The van der Waals surface area contributed by atoms with Crippen LogP contribution in [-0.4, -0.2) is 19.6 Å². The summed E-state index contributed by atoms with van der Waals surface area (Å²) in [6.07, 6.45) is 1.81. The second-order valence-electron chi connectivity index (χ2n) is 10.4. The number of thiocarbonyl (C=S) groups is 1. The molecule has 7 nitrogen and oxygen atoms in total. The molecule has 0 amide bonds. The van der Waals surface area contributed by atoms with Crippen LogP contribution in [0.4, 0.5) is 11.4 Å². The van der Waals surface area contributed by atoms with E-state index < -0.39 is 4.92 Å². The van der Waals surface area contributed by atoms with E-state index in [9.17, 15) is 10.1 Å². The summed E-state index contributed by atoms with van der Waals surface area (Å²) in [5, 5.41) is 15.9. The number of nitrogens with zero attached hydrogens (tertiary/aromatic N) is 4. The maximum absolute atomic E-state index is 11.0. The molecule has 43 heavy (non-hydrogen) atoms. The molecular formula is C33H28ClN5O2S2. The van der Waals surface area contributed by atoms with Crippen molar-refractivity contribution >= 4 is 52.1 Å². The van der Waals surface area contributed by atoms with Gasteiger partial charge in [-0.3, -0.25) is 15.1 Å². The minimum atomic E-state index is -0.390. The van der Waals surface area contributed by atoms with Crippen LogP contribution in [0.1, 0.15) is 40.3 Å². The Balaban J connectivity index is 1.39. The lowest BCUT2D eigenvalue weighted by atomic mass is 9.96. The lowest BCUT2D eigenvalue weighted by molar-refractivity contribution is -0.384. The van der Waals surface area contributed by atoms with Crippen LogP contribution in [0.15, 0.2) is 107 Å². The molecule has 1 aliphatic rings. The molecule has 5 aromatic rings. The molecule has 0 unspecified atom stereocenters. The average molecular weight is 626 g/mol. The quantitative estimate of drug-likeness (QED) is 0.110. The van der Waals surface area contributed by atoms with E-state index in [4.69, 9.17) is 28.8 Å². The smallest absolute Gasteiger partial charge is 0.269 e. The number of hydrogen-bond acceptors (Lipinski definition) is 5. The van der Waals surface area contributed by atoms with Gasteiger partial charge >= 0.3 is 0 Å². The van der Waals surface area contributed by atoms with E-state index >= 15 is 0 Å². The maximum Gasteiger partial charge on any atom is 0.269 e. The van der Waals surface area contributed by atoms with Crippen LogP contribution < -0.4 is 10.2 Å². The van der Waals surface area contributed by atoms with Crippen LogP contribution in [0.25, 0.3) is 5.69 Å². The number of nitro groups is 1. The van der Waals surface area contributed by atoms with Crippen LogP contribution in [0.3, 0.4) is 0 Å². The predicted molar refractivity (Wildman–Crippen MR) is 177 cm³/mol. The molecule has 216 valence electrons. The molecule has 2 aromatic heterocycles. The van der Waals surface area contributed by atoms with Crippen LogP contribution >= 0.6 is 35.6 Å². The van der Waals surface area contributed by atoms with Crippen LogP contribution in [0.2, 0.25) is 5.02 Å². The van der Waals surface area contributed by atoms with Crippen molar-refractivity contribution in [2.24, 2.45) is 0 Å². The Kier molecular flexibility index (Phi) is 7.96. The van der Waals surface area contributed by atoms with E-state index in [1.807, 2.05) is 54.7 Å². The van der Waals surface area contributed by atoms with Gasteiger partial charge in [-0.1, -0.05) is 35.5 Å². The number of benzene rings is 3. The number of nitro benzene ring substituents is 1. The number of pyridine rings is 1. The van der Waals surface area contributed by atoms with Gasteiger partial charge in [0.15, 0.2) is 5.11 Å². The van der Waals surface area contributed by atoms with Crippen LogP contribution in [-0.2, 0) is 0 Å². The Hall–Kier alpha value is -4.18. The third-order valence-electron chi connectivity index (χ3n) is 7.70. The SMILES string of the molecule is Cc1ccc(Cl)cc1-n1c(C)cc([C@H]2[C@H](c3ccccn3)NC(=S)N2c2ccc(Sc3ccc([N+](=O)[O-])cc3)cc2)c1C. The van der Waals surface area contributed by atoms with Gasteiger partial charge in [-0.25, -0.2) is 0 Å². The first-order valence-corrected chi connectivity index (χ1v) is 15.3. The second-order valence-corrected chi connectivity index (χ2v) is 12.4.